The molecule has 1 fully saturated rings. The molecular weight excluding hydrogens is 286 g/mol. The number of carbonyl (C=O) groups is 2. The topological polar surface area (TPSA) is 72.8 Å². The van der Waals surface area contributed by atoms with Gasteiger partial charge in [-0.25, -0.2) is 0 Å². The zero-order valence-corrected chi connectivity index (χ0v) is 13.3. The van der Waals surface area contributed by atoms with Crippen molar-refractivity contribution in [2.75, 3.05) is 40.5 Å². The minimum Gasteiger partial charge on any atom is -0.382 e. The Hall–Kier alpha value is -1.86. The maximum atomic E-state index is 12.6. The summed E-state index contributed by atoms with van der Waals surface area (Å²) in [6.45, 7) is 1.48. The Morgan fingerprint density at radius 3 is 2.86 bits per heavy atom. The first-order valence-electron chi connectivity index (χ1n) is 7.25. The predicted octanol–water partition coefficient (Wildman–Crippen LogP) is 0.0188. The van der Waals surface area contributed by atoms with Crippen molar-refractivity contribution >= 4 is 11.8 Å². The summed E-state index contributed by atoms with van der Waals surface area (Å²) in [5, 5.41) is 2.59. The Labute approximate surface area is 130 Å². The molecule has 0 bridgehead atoms. The van der Waals surface area contributed by atoms with E-state index in [0.717, 1.165) is 0 Å². The highest BCUT2D eigenvalue weighted by Crippen LogP contribution is 2.24. The molecule has 122 valence electrons. The number of nitrogens with one attached hydrogen (secondary N) is 1. The second kappa shape index (κ2) is 6.93. The Bertz CT molecular complexity index is 539. The largest absolute Gasteiger partial charge is 0.382 e. The Kier molecular flexibility index (Phi) is 5.20. The first-order chi connectivity index (χ1) is 10.5. The number of methoxy groups -OCH3 is 1. The molecule has 1 aromatic rings. The van der Waals surface area contributed by atoms with Gasteiger partial charge in [-0.1, -0.05) is 0 Å². The monoisotopic (exact) mass is 309 g/mol. The number of carbonyl (C=O) groups excluding carboxylic acids is 2. The van der Waals surface area contributed by atoms with Gasteiger partial charge in [0, 0.05) is 33.9 Å². The van der Waals surface area contributed by atoms with Crippen LogP contribution in [0.1, 0.15) is 16.9 Å². The van der Waals surface area contributed by atoms with Gasteiger partial charge in [-0.2, -0.15) is 0 Å². The molecule has 0 spiro atoms. The summed E-state index contributed by atoms with van der Waals surface area (Å²) < 4.78 is 12.8. The van der Waals surface area contributed by atoms with Crippen molar-refractivity contribution in [2.24, 2.45) is 7.05 Å². The Morgan fingerprint density at radius 1 is 1.50 bits per heavy atom. The van der Waals surface area contributed by atoms with Crippen LogP contribution in [-0.4, -0.2) is 67.3 Å². The van der Waals surface area contributed by atoms with Crippen molar-refractivity contribution in [3.63, 3.8) is 0 Å². The summed E-state index contributed by atoms with van der Waals surface area (Å²) >= 11 is 0. The van der Waals surface area contributed by atoms with Gasteiger partial charge >= 0.3 is 0 Å². The predicted molar refractivity (Wildman–Crippen MR) is 80.6 cm³/mol. The van der Waals surface area contributed by atoms with Gasteiger partial charge in [0.15, 0.2) is 0 Å². The van der Waals surface area contributed by atoms with Crippen molar-refractivity contribution in [1.29, 1.82) is 0 Å². The van der Waals surface area contributed by atoms with Gasteiger partial charge in [-0.15, -0.1) is 0 Å². The van der Waals surface area contributed by atoms with E-state index in [1.807, 2.05) is 19.3 Å². The summed E-state index contributed by atoms with van der Waals surface area (Å²) in [6.07, 6.45) is 1.99. The van der Waals surface area contributed by atoms with Crippen LogP contribution in [0, 0.1) is 0 Å². The lowest BCUT2D eigenvalue weighted by Crippen LogP contribution is -2.57. The number of hydrogen-bond acceptors (Lipinski definition) is 4. The summed E-state index contributed by atoms with van der Waals surface area (Å²) in [5.41, 5.74) is -0.179. The number of amides is 2. The van der Waals surface area contributed by atoms with Gasteiger partial charge in [-0.05, 0) is 12.1 Å². The summed E-state index contributed by atoms with van der Waals surface area (Å²) in [5.74, 6) is -0.196. The normalized spacial score (nSPS) is 21.7. The summed E-state index contributed by atoms with van der Waals surface area (Å²) in [7, 11) is 4.98. The number of aromatic nitrogens is 1. The minimum atomic E-state index is -0.798. The average Bonchev–Trinajstić information content (AvgIpc) is 2.93. The van der Waals surface area contributed by atoms with E-state index < -0.39 is 5.60 Å². The molecule has 22 heavy (non-hydrogen) atoms. The van der Waals surface area contributed by atoms with Crippen LogP contribution >= 0.6 is 0 Å². The SMILES string of the molecule is CNC(=O)C[C@@]1(COC)CN(C(=O)c2cccn2C)CCO1. The van der Waals surface area contributed by atoms with Gasteiger partial charge in [0.25, 0.3) is 5.91 Å². The lowest BCUT2D eigenvalue weighted by molar-refractivity contribution is -0.150. The standard InChI is InChI=1S/C15H23N3O4/c1-16-13(19)9-15(11-21-3)10-18(7-8-22-15)14(20)12-5-4-6-17(12)2/h4-6H,7-11H2,1-3H3,(H,16,19)/t15-/m0/s1. The lowest BCUT2D eigenvalue weighted by Gasteiger charge is -2.42. The lowest BCUT2D eigenvalue weighted by atomic mass is 9.97. The van der Waals surface area contributed by atoms with Gasteiger partial charge in [0.2, 0.25) is 5.91 Å². The van der Waals surface area contributed by atoms with Crippen LogP contribution in [0.25, 0.3) is 0 Å². The third-order valence-electron chi connectivity index (χ3n) is 3.87. The molecule has 0 radical (unpaired) electrons. The van der Waals surface area contributed by atoms with Crippen molar-refractivity contribution in [2.45, 2.75) is 12.0 Å². The fourth-order valence-corrected chi connectivity index (χ4v) is 2.75. The van der Waals surface area contributed by atoms with Crippen molar-refractivity contribution in [1.82, 2.24) is 14.8 Å². The van der Waals surface area contributed by atoms with Crippen LogP contribution in [0.2, 0.25) is 0 Å². The molecule has 0 unspecified atom stereocenters. The smallest absolute Gasteiger partial charge is 0.270 e. The maximum Gasteiger partial charge on any atom is 0.270 e. The van der Waals surface area contributed by atoms with Gasteiger partial charge in [0.1, 0.15) is 11.3 Å². The highest BCUT2D eigenvalue weighted by atomic mass is 16.5. The highest BCUT2D eigenvalue weighted by Gasteiger charge is 2.40. The van der Waals surface area contributed by atoms with Crippen LogP contribution < -0.4 is 5.32 Å². The molecule has 0 aromatic carbocycles. The zero-order valence-electron chi connectivity index (χ0n) is 13.3. The molecule has 1 atom stereocenters. The molecule has 1 saturated heterocycles. The minimum absolute atomic E-state index is 0.0619. The number of hydrogen-bond donors (Lipinski definition) is 1. The fraction of sp³-hybridized carbons (Fsp3) is 0.600. The Balaban J connectivity index is 2.16. The van der Waals surface area contributed by atoms with E-state index in [4.69, 9.17) is 9.47 Å². The first kappa shape index (κ1) is 16.5. The molecule has 7 heteroatoms. The van der Waals surface area contributed by atoms with E-state index in [2.05, 4.69) is 5.32 Å². The molecule has 0 saturated carbocycles. The van der Waals surface area contributed by atoms with Gasteiger partial charge in [0.05, 0.1) is 26.2 Å². The van der Waals surface area contributed by atoms with Gasteiger partial charge in [-0.3, -0.25) is 9.59 Å². The molecule has 1 aromatic heterocycles. The molecule has 2 rings (SSSR count). The van der Waals surface area contributed by atoms with Crippen molar-refractivity contribution in [3.05, 3.63) is 24.0 Å². The van der Waals surface area contributed by atoms with Crippen LogP contribution in [0.15, 0.2) is 18.3 Å². The van der Waals surface area contributed by atoms with E-state index in [1.165, 1.54) is 0 Å². The summed E-state index contributed by atoms with van der Waals surface area (Å²) in [4.78, 5) is 26.1. The van der Waals surface area contributed by atoms with E-state index in [-0.39, 0.29) is 24.8 Å². The third-order valence-corrected chi connectivity index (χ3v) is 3.87. The second-order valence-corrected chi connectivity index (χ2v) is 5.55. The fourth-order valence-electron chi connectivity index (χ4n) is 2.75. The molecule has 1 aliphatic rings. The van der Waals surface area contributed by atoms with E-state index in [1.54, 1.807) is 29.7 Å². The molecule has 0 aliphatic carbocycles. The van der Waals surface area contributed by atoms with E-state index >= 15 is 0 Å². The van der Waals surface area contributed by atoms with Crippen molar-refractivity contribution in [3.8, 4) is 0 Å². The van der Waals surface area contributed by atoms with Crippen LogP contribution in [0.3, 0.4) is 0 Å². The number of aryl methyl sites for hydroxylation is 1. The van der Waals surface area contributed by atoms with E-state index in [0.29, 0.717) is 25.4 Å². The number of nitrogens with zero attached hydrogens (tertiary/aromatic N) is 2. The average molecular weight is 309 g/mol. The molecule has 2 heterocycles. The van der Waals surface area contributed by atoms with Gasteiger partial charge < -0.3 is 24.3 Å². The molecule has 2 amide bonds. The zero-order chi connectivity index (χ0) is 16.2. The number of morpholine rings is 1. The van der Waals surface area contributed by atoms with Crippen molar-refractivity contribution < 1.29 is 19.1 Å². The third kappa shape index (κ3) is 3.48. The second-order valence-electron chi connectivity index (χ2n) is 5.55. The number of ether oxygens (including phenoxy) is 2. The number of rotatable bonds is 5. The van der Waals surface area contributed by atoms with Crippen LogP contribution in [-0.2, 0) is 21.3 Å². The molecule has 7 nitrogen and oxygen atoms in total. The Morgan fingerprint density at radius 2 is 2.27 bits per heavy atom. The maximum absolute atomic E-state index is 12.6. The van der Waals surface area contributed by atoms with Crippen LogP contribution in [0.4, 0.5) is 0 Å². The quantitative estimate of drug-likeness (QED) is 0.832. The molecular formula is C15H23N3O4. The van der Waals surface area contributed by atoms with E-state index in [9.17, 15) is 9.59 Å². The molecule has 1 N–H and O–H groups in total. The first-order valence-corrected chi connectivity index (χ1v) is 7.25. The molecule has 1 aliphatic heterocycles. The summed E-state index contributed by atoms with van der Waals surface area (Å²) in [6, 6.07) is 3.62. The highest BCUT2D eigenvalue weighted by molar-refractivity contribution is 5.93. The van der Waals surface area contributed by atoms with Crippen LogP contribution in [0.5, 0.6) is 0 Å².